The summed E-state index contributed by atoms with van der Waals surface area (Å²) in [5, 5.41) is 23.2. The average molecular weight is 1040 g/mol. The molecule has 0 saturated heterocycles. The number of hydrogen-bond donors (Lipinski definition) is 3. The van der Waals surface area contributed by atoms with Crippen molar-refractivity contribution in [1.82, 2.24) is 5.32 Å². The van der Waals surface area contributed by atoms with Crippen LogP contribution in [0.3, 0.4) is 0 Å². The van der Waals surface area contributed by atoms with E-state index in [1.54, 1.807) is 6.08 Å². The molecule has 0 fully saturated rings. The molecular formula is C68H131NO5. The van der Waals surface area contributed by atoms with Gasteiger partial charge in [0.1, 0.15) is 0 Å². The van der Waals surface area contributed by atoms with Crippen molar-refractivity contribution in [2.75, 3.05) is 13.2 Å². The highest BCUT2D eigenvalue weighted by Gasteiger charge is 2.18. The minimum absolute atomic E-state index is 0.00524. The van der Waals surface area contributed by atoms with E-state index >= 15 is 0 Å². The van der Waals surface area contributed by atoms with Crippen LogP contribution in [-0.4, -0.2) is 47.4 Å². The number of nitrogens with one attached hydrogen (secondary N) is 1. The lowest BCUT2D eigenvalue weighted by Crippen LogP contribution is -2.45. The molecule has 0 rings (SSSR count). The van der Waals surface area contributed by atoms with Crippen LogP contribution >= 0.6 is 0 Å². The van der Waals surface area contributed by atoms with Crippen LogP contribution in [0.15, 0.2) is 24.3 Å². The van der Waals surface area contributed by atoms with Gasteiger partial charge in [0.05, 0.1) is 25.4 Å². The highest BCUT2D eigenvalue weighted by atomic mass is 16.5. The molecule has 6 heteroatoms. The average Bonchev–Trinajstić information content (AvgIpc) is 3.40. The predicted molar refractivity (Wildman–Crippen MR) is 324 cm³/mol. The van der Waals surface area contributed by atoms with Gasteiger partial charge in [0, 0.05) is 12.8 Å². The van der Waals surface area contributed by atoms with Gasteiger partial charge in [-0.25, -0.2) is 0 Å². The fraction of sp³-hybridized carbons (Fsp3) is 0.912. The topological polar surface area (TPSA) is 95.9 Å². The molecular weight excluding hydrogens is 911 g/mol. The number of aliphatic hydroxyl groups excluding tert-OH is 2. The molecule has 0 aromatic carbocycles. The minimum atomic E-state index is -0.845. The van der Waals surface area contributed by atoms with Crippen LogP contribution < -0.4 is 5.32 Å². The number of amides is 1. The van der Waals surface area contributed by atoms with E-state index in [9.17, 15) is 19.8 Å². The zero-order valence-electron chi connectivity index (χ0n) is 50.1. The smallest absolute Gasteiger partial charge is 0.305 e. The Hall–Kier alpha value is -1.66. The first-order chi connectivity index (χ1) is 36.5. The Morgan fingerprint density at radius 3 is 0.973 bits per heavy atom. The summed E-state index contributed by atoms with van der Waals surface area (Å²) in [5.41, 5.74) is 0. The molecule has 0 aliphatic carbocycles. The van der Waals surface area contributed by atoms with E-state index in [0.717, 1.165) is 44.9 Å². The second-order valence-corrected chi connectivity index (χ2v) is 23.2. The Bertz CT molecular complexity index is 1150. The molecule has 0 aliphatic heterocycles. The maximum Gasteiger partial charge on any atom is 0.305 e. The summed E-state index contributed by atoms with van der Waals surface area (Å²) in [4.78, 5) is 24.6. The Morgan fingerprint density at radius 1 is 0.365 bits per heavy atom. The van der Waals surface area contributed by atoms with E-state index in [0.29, 0.717) is 19.4 Å². The maximum atomic E-state index is 12.5. The van der Waals surface area contributed by atoms with Crippen molar-refractivity contribution < 1.29 is 24.5 Å². The SMILES string of the molecule is CCCCCC/C=C\CCCCCCCC(=O)OCCCCCCCCCCCCCCCCCCCCCCCCCC(=O)NC(CO)C(O)/C=C/CCCCCCCCCCCCCCCCCCCCC. The van der Waals surface area contributed by atoms with E-state index in [1.165, 1.54) is 302 Å². The Labute approximate surface area is 462 Å². The lowest BCUT2D eigenvalue weighted by molar-refractivity contribution is -0.143. The minimum Gasteiger partial charge on any atom is -0.466 e. The first-order valence-corrected chi connectivity index (χ1v) is 33.6. The van der Waals surface area contributed by atoms with E-state index in [-0.39, 0.29) is 18.5 Å². The zero-order chi connectivity index (χ0) is 53.6. The van der Waals surface area contributed by atoms with Gasteiger partial charge in [-0.05, 0) is 57.8 Å². The van der Waals surface area contributed by atoms with Crippen LogP contribution in [0.1, 0.15) is 373 Å². The van der Waals surface area contributed by atoms with Crippen molar-refractivity contribution in [1.29, 1.82) is 0 Å². The summed E-state index contributed by atoms with van der Waals surface area (Å²) < 4.78 is 5.48. The Morgan fingerprint density at radius 2 is 0.635 bits per heavy atom. The largest absolute Gasteiger partial charge is 0.466 e. The number of rotatable bonds is 63. The van der Waals surface area contributed by atoms with E-state index in [4.69, 9.17) is 4.74 Å². The van der Waals surface area contributed by atoms with Crippen LogP contribution in [0.5, 0.6) is 0 Å². The summed E-state index contributed by atoms with van der Waals surface area (Å²) in [7, 11) is 0. The van der Waals surface area contributed by atoms with Gasteiger partial charge in [0.2, 0.25) is 5.91 Å². The summed E-state index contributed by atoms with van der Waals surface area (Å²) in [6.45, 7) is 4.92. The highest BCUT2D eigenvalue weighted by Crippen LogP contribution is 2.18. The fourth-order valence-corrected chi connectivity index (χ4v) is 10.6. The predicted octanol–water partition coefficient (Wildman–Crippen LogP) is 21.4. The van der Waals surface area contributed by atoms with Crippen molar-refractivity contribution in [2.45, 2.75) is 386 Å². The number of allylic oxidation sites excluding steroid dienone is 3. The Balaban J connectivity index is 3.41. The molecule has 0 bridgehead atoms. The number of hydrogen-bond acceptors (Lipinski definition) is 5. The van der Waals surface area contributed by atoms with Crippen LogP contribution in [0.2, 0.25) is 0 Å². The molecule has 74 heavy (non-hydrogen) atoms. The van der Waals surface area contributed by atoms with Gasteiger partial charge in [0.25, 0.3) is 0 Å². The molecule has 2 atom stereocenters. The van der Waals surface area contributed by atoms with Crippen molar-refractivity contribution in [3.63, 3.8) is 0 Å². The van der Waals surface area contributed by atoms with Crippen LogP contribution in [0, 0.1) is 0 Å². The third-order valence-electron chi connectivity index (χ3n) is 15.7. The maximum absolute atomic E-state index is 12.5. The number of unbranched alkanes of at least 4 members (excludes halogenated alkanes) is 50. The molecule has 0 heterocycles. The molecule has 0 aromatic heterocycles. The molecule has 1 amide bonds. The summed E-state index contributed by atoms with van der Waals surface area (Å²) in [6.07, 6.45) is 79.5. The van der Waals surface area contributed by atoms with Crippen LogP contribution in [0.25, 0.3) is 0 Å². The van der Waals surface area contributed by atoms with Gasteiger partial charge in [-0.15, -0.1) is 0 Å². The lowest BCUT2D eigenvalue weighted by atomic mass is 10.0. The normalized spacial score (nSPS) is 12.6. The quantitative estimate of drug-likeness (QED) is 0.0320. The van der Waals surface area contributed by atoms with Crippen LogP contribution in [-0.2, 0) is 14.3 Å². The van der Waals surface area contributed by atoms with Crippen molar-refractivity contribution >= 4 is 11.9 Å². The molecule has 0 aromatic rings. The second kappa shape index (κ2) is 63.9. The van der Waals surface area contributed by atoms with E-state index in [2.05, 4.69) is 31.3 Å². The van der Waals surface area contributed by atoms with Gasteiger partial charge in [-0.3, -0.25) is 9.59 Å². The first kappa shape index (κ1) is 72.3. The summed E-state index contributed by atoms with van der Waals surface area (Å²) >= 11 is 0. The van der Waals surface area contributed by atoms with Crippen molar-refractivity contribution in [3.05, 3.63) is 24.3 Å². The molecule has 438 valence electrons. The monoisotopic (exact) mass is 1040 g/mol. The first-order valence-electron chi connectivity index (χ1n) is 33.6. The fourth-order valence-electron chi connectivity index (χ4n) is 10.6. The van der Waals surface area contributed by atoms with Crippen LogP contribution in [0.4, 0.5) is 0 Å². The van der Waals surface area contributed by atoms with Gasteiger partial charge >= 0.3 is 5.97 Å². The Kier molecular flexibility index (Phi) is 62.4. The van der Waals surface area contributed by atoms with Crippen molar-refractivity contribution in [2.24, 2.45) is 0 Å². The molecule has 0 spiro atoms. The third-order valence-corrected chi connectivity index (χ3v) is 15.7. The number of carbonyl (C=O) groups is 2. The number of esters is 1. The number of ether oxygens (including phenoxy) is 1. The number of aliphatic hydroxyl groups is 2. The molecule has 0 saturated carbocycles. The molecule has 6 nitrogen and oxygen atoms in total. The molecule has 0 aliphatic rings. The van der Waals surface area contributed by atoms with E-state index in [1.807, 2.05) is 6.08 Å². The highest BCUT2D eigenvalue weighted by molar-refractivity contribution is 5.76. The molecule has 0 radical (unpaired) electrons. The van der Waals surface area contributed by atoms with Crippen molar-refractivity contribution in [3.8, 4) is 0 Å². The summed E-state index contributed by atoms with van der Waals surface area (Å²) in [5.74, 6) is -0.0586. The van der Waals surface area contributed by atoms with Gasteiger partial charge in [-0.2, -0.15) is 0 Å². The molecule has 3 N–H and O–H groups in total. The van der Waals surface area contributed by atoms with E-state index < -0.39 is 12.1 Å². The molecule has 2 unspecified atom stereocenters. The van der Waals surface area contributed by atoms with Gasteiger partial charge in [0.15, 0.2) is 0 Å². The second-order valence-electron chi connectivity index (χ2n) is 23.2. The van der Waals surface area contributed by atoms with Gasteiger partial charge < -0.3 is 20.3 Å². The number of carbonyl (C=O) groups excluding carboxylic acids is 2. The zero-order valence-corrected chi connectivity index (χ0v) is 50.1. The lowest BCUT2D eigenvalue weighted by Gasteiger charge is -2.20. The summed E-state index contributed by atoms with van der Waals surface area (Å²) in [6, 6.07) is -0.628. The standard InChI is InChI=1S/C68H131NO5/c1-3-5-7-9-11-13-15-17-18-19-20-24-27-30-33-37-40-44-48-52-56-60-66(71)65(64-70)69-67(72)61-57-53-49-45-41-38-34-31-28-25-22-21-23-26-29-32-35-39-43-47-51-55-59-63-74-68(73)62-58-54-50-46-42-36-16-14-12-10-8-6-4-2/h14,16,56,60,65-66,70-71H,3-13,15,17-55,57-59,61-64H2,1-2H3,(H,69,72)/b16-14-,60-56+. The van der Waals surface area contributed by atoms with Gasteiger partial charge in [-0.1, -0.05) is 327 Å². The third kappa shape index (κ3) is 59.6.